The Labute approximate surface area is 621 Å². The van der Waals surface area contributed by atoms with E-state index in [1.165, 1.54) is 25.6 Å². The molecule has 0 bridgehead atoms. The maximum absolute atomic E-state index is 14.1. The predicted molar refractivity (Wildman–Crippen MR) is 381 cm³/mol. The van der Waals surface area contributed by atoms with Crippen LogP contribution >= 0.6 is 11.8 Å². The molecule has 0 heterocycles. The van der Waals surface area contributed by atoms with Crippen LogP contribution < -0.4 is 109 Å². The first-order chi connectivity index (χ1) is 50.2. The van der Waals surface area contributed by atoms with Crippen molar-refractivity contribution in [1.29, 1.82) is 0 Å². The highest BCUT2D eigenvalue weighted by molar-refractivity contribution is 7.98. The molecule has 0 radical (unpaired) electrons. The number of thioether (sulfide) groups is 1. The second kappa shape index (κ2) is 52.1. The zero-order valence-corrected chi connectivity index (χ0v) is 62.0. The summed E-state index contributed by atoms with van der Waals surface area (Å²) in [5.74, 6) is -19.7. The molecule has 0 aliphatic rings. The van der Waals surface area contributed by atoms with Gasteiger partial charge < -0.3 is 129 Å². The molecular weight excluding hydrogens is 1440 g/mol. The van der Waals surface area contributed by atoms with Crippen LogP contribution in [0.3, 0.4) is 0 Å². The highest BCUT2D eigenvalue weighted by Crippen LogP contribution is 2.12. The Morgan fingerprint density at radius 2 is 0.654 bits per heavy atom. The summed E-state index contributed by atoms with van der Waals surface area (Å²) in [6, 6.07) is -21.2. The van der Waals surface area contributed by atoms with E-state index in [1.807, 2.05) is 0 Å². The van der Waals surface area contributed by atoms with Gasteiger partial charge in [-0.05, 0) is 136 Å². The van der Waals surface area contributed by atoms with E-state index in [4.69, 9.17) is 39.5 Å². The van der Waals surface area contributed by atoms with E-state index in [-0.39, 0.29) is 57.5 Å². The number of amides is 17. The first kappa shape index (κ1) is 97.1. The van der Waals surface area contributed by atoms with E-state index in [1.54, 1.807) is 20.1 Å². The van der Waals surface area contributed by atoms with E-state index in [0.29, 0.717) is 25.0 Å². The van der Waals surface area contributed by atoms with Gasteiger partial charge in [0, 0.05) is 25.7 Å². The van der Waals surface area contributed by atoms with Crippen molar-refractivity contribution < 1.29 is 112 Å². The van der Waals surface area contributed by atoms with Crippen molar-refractivity contribution in [3.05, 3.63) is 0 Å². The minimum atomic E-state index is -1.82. The van der Waals surface area contributed by atoms with Gasteiger partial charge in [0.1, 0.15) is 84.6 Å². The highest BCUT2D eigenvalue weighted by Gasteiger charge is 2.36. The number of aliphatic hydroxyl groups excluding tert-OH is 2. The lowest BCUT2D eigenvalue weighted by Gasteiger charge is -2.27. The Balaban J connectivity index is 6.40. The van der Waals surface area contributed by atoms with Gasteiger partial charge in [-0.1, -0.05) is 13.8 Å². The van der Waals surface area contributed by atoms with E-state index in [2.05, 4.69) is 74.4 Å². The van der Waals surface area contributed by atoms with Crippen LogP contribution in [0, 0.1) is 5.92 Å². The fourth-order valence-corrected chi connectivity index (χ4v) is 10.0. The summed E-state index contributed by atoms with van der Waals surface area (Å²) in [5.41, 5.74) is 32.9. The molecule has 0 aromatic rings. The van der Waals surface area contributed by atoms with Crippen molar-refractivity contribution in [2.45, 2.75) is 229 Å². The molecule has 0 saturated carbocycles. The Hall–Kier alpha value is -9.92. The van der Waals surface area contributed by atoms with Gasteiger partial charge in [-0.25, -0.2) is 4.79 Å². The third-order valence-corrected chi connectivity index (χ3v) is 16.4. The molecule has 14 atom stereocenters. The van der Waals surface area contributed by atoms with Crippen LogP contribution in [-0.4, -0.2) is 262 Å². The van der Waals surface area contributed by atoms with Gasteiger partial charge in [0.2, 0.25) is 100 Å². The number of carboxylic acid groups (broad SMARTS) is 2. The zero-order valence-electron chi connectivity index (χ0n) is 61.1. The lowest BCUT2D eigenvalue weighted by Crippen LogP contribution is -2.61. The third-order valence-electron chi connectivity index (χ3n) is 15.7. The second-order valence-corrected chi connectivity index (χ2v) is 26.5. The maximum atomic E-state index is 14.1. The molecule has 0 spiro atoms. The van der Waals surface area contributed by atoms with Crippen molar-refractivity contribution in [3.8, 4) is 0 Å². The van der Waals surface area contributed by atoms with Gasteiger partial charge in [-0.15, -0.1) is 0 Å². The molecule has 0 unspecified atom stereocenters. The molecule has 0 fully saturated rings. The SMILES string of the molecule is CSCC[C@H](NC(=O)[C@@H](N)CO)C(=O)N[C@@H](CCC(N)=O)C(=O)N[C@@H](C)C(=O)N[C@@H](CO)C(=O)N[C@@H](CC(C)C)C(=O)N[C@@H](CCC(N)=O)C(=O)N[C@@H](C)C(=O)N[C@@H](CCC(N)=O)C(=O)N[C@@H](C)C(=O)N[C@@H](CCCCN)C(=O)NCC(=O)N[C@@H](CCCCN)C(=O)N[C@@H](C)C(=O)N[C@@H](CCC(=O)O)C(=O)O. The van der Waals surface area contributed by atoms with Crippen molar-refractivity contribution in [1.82, 2.24) is 74.4 Å². The molecule has 107 heavy (non-hydrogen) atoms. The van der Waals surface area contributed by atoms with Crippen LogP contribution in [0.5, 0.6) is 0 Å². The van der Waals surface area contributed by atoms with Crippen LogP contribution in [0.15, 0.2) is 0 Å². The molecule has 606 valence electrons. The summed E-state index contributed by atoms with van der Waals surface area (Å²) >= 11 is 1.32. The second-order valence-electron chi connectivity index (χ2n) is 25.5. The number of carboxylic acids is 2. The van der Waals surface area contributed by atoms with E-state index >= 15 is 0 Å². The van der Waals surface area contributed by atoms with Crippen molar-refractivity contribution in [2.24, 2.45) is 40.3 Å². The molecular formula is C63H110N20O23S. The summed E-state index contributed by atoms with van der Waals surface area (Å²) in [5, 5.41) is 71.0. The number of aliphatic carboxylic acids is 2. The number of rotatable bonds is 56. The summed E-state index contributed by atoms with van der Waals surface area (Å²) in [7, 11) is 0. The lowest BCUT2D eigenvalue weighted by atomic mass is 10.0. The number of carbonyl (C=O) groups excluding carboxylic acids is 17. The predicted octanol–water partition coefficient (Wildman–Crippen LogP) is -10.4. The molecule has 0 saturated heterocycles. The molecule has 0 aromatic carbocycles. The smallest absolute Gasteiger partial charge is 0.326 e. The molecule has 0 aromatic heterocycles. The number of primary amides is 3. The standard InChI is InChI=1S/C63H110N20O23S/c1-30(2)26-43(82-62(104)44(29-85)83-53(95)34(6)74-58(100)39(15-19-46(68)87)79-60(102)41(22-25-107-7)78-54(96)35(66)28-84)61(103)80-40(16-20-47(69)88)59(101)73-32(4)51(93)77-38(14-18-45(67)86)57(99)72-31(3)50(92)76-36(12-8-10-23-64)55(97)70-27-48(89)75-37(13-9-11-24-65)56(98)71-33(5)52(94)81-42(63(105)106)17-21-49(90)91/h30-44,84-85H,8-29,64-66H2,1-7H3,(H2,67,86)(H2,68,87)(H2,69,88)(H,70,97)(H,71,98)(H,72,99)(H,73,101)(H,74,100)(H,75,89)(H,76,92)(H,77,93)(H,78,96)(H,79,102)(H,80,103)(H,81,94)(H,82,104)(H,83,95)(H,90,91)(H,105,106)/t31-,32-,33-,34-,35-,36-,37-,38-,39-,40-,41-,42-,43-,44-/m0/s1. The molecule has 44 heteroatoms. The topological polar surface area (TPSA) is 730 Å². The first-order valence-electron chi connectivity index (χ1n) is 34.5. The van der Waals surface area contributed by atoms with Gasteiger partial charge in [0.05, 0.1) is 19.8 Å². The van der Waals surface area contributed by atoms with Crippen LogP contribution in [0.1, 0.15) is 144 Å². The lowest BCUT2D eigenvalue weighted by molar-refractivity contribution is -0.143. The zero-order chi connectivity index (χ0) is 81.8. The maximum Gasteiger partial charge on any atom is 0.326 e. The van der Waals surface area contributed by atoms with Crippen molar-refractivity contribution in [2.75, 3.05) is 44.9 Å². The highest BCUT2D eigenvalue weighted by atomic mass is 32.2. The number of hydrogen-bond donors (Lipinski definition) is 24. The molecule has 17 amide bonds. The van der Waals surface area contributed by atoms with Gasteiger partial charge in [-0.3, -0.25) is 86.3 Å². The number of carbonyl (C=O) groups is 19. The van der Waals surface area contributed by atoms with E-state index in [9.17, 15) is 106 Å². The Morgan fingerprint density at radius 1 is 0.346 bits per heavy atom. The van der Waals surface area contributed by atoms with Crippen LogP contribution in [0.25, 0.3) is 0 Å². The molecule has 30 N–H and O–H groups in total. The number of unbranched alkanes of at least 4 members (excludes halogenated alkanes) is 2. The average Bonchev–Trinajstić information content (AvgIpc) is 0.912. The molecule has 43 nitrogen and oxygen atoms in total. The molecule has 0 rings (SSSR count). The Bertz CT molecular complexity index is 3060. The van der Waals surface area contributed by atoms with Gasteiger partial charge in [0.15, 0.2) is 0 Å². The van der Waals surface area contributed by atoms with Crippen LogP contribution in [0.4, 0.5) is 0 Å². The largest absolute Gasteiger partial charge is 0.481 e. The van der Waals surface area contributed by atoms with Gasteiger partial charge in [-0.2, -0.15) is 11.8 Å². The normalized spacial score (nSPS) is 14.9. The number of nitrogens with two attached hydrogens (primary N) is 6. The van der Waals surface area contributed by atoms with Gasteiger partial charge in [0.25, 0.3) is 0 Å². The quantitative estimate of drug-likeness (QED) is 0.0251. The van der Waals surface area contributed by atoms with E-state index < -0.39 is 262 Å². The summed E-state index contributed by atoms with van der Waals surface area (Å²) < 4.78 is 0. The third kappa shape index (κ3) is 40.4. The minimum absolute atomic E-state index is 0.0127. The first-order valence-corrected chi connectivity index (χ1v) is 35.9. The average molecular weight is 1550 g/mol. The number of aliphatic hydroxyl groups is 2. The van der Waals surface area contributed by atoms with E-state index in [0.717, 1.165) is 13.8 Å². The minimum Gasteiger partial charge on any atom is -0.481 e. The van der Waals surface area contributed by atoms with Crippen molar-refractivity contribution >= 4 is 124 Å². The number of hydrogen-bond acceptors (Lipinski definition) is 25. The summed E-state index contributed by atoms with van der Waals surface area (Å²) in [4.78, 5) is 247. The summed E-state index contributed by atoms with van der Waals surface area (Å²) in [6.07, 6.45) is -1.04. The van der Waals surface area contributed by atoms with Crippen LogP contribution in [-0.2, 0) is 91.1 Å². The monoisotopic (exact) mass is 1550 g/mol. The fraction of sp³-hybridized carbons (Fsp3) is 0.698. The Morgan fingerprint density at radius 3 is 1.00 bits per heavy atom. The van der Waals surface area contributed by atoms with Crippen molar-refractivity contribution in [3.63, 3.8) is 0 Å². The summed E-state index contributed by atoms with van der Waals surface area (Å²) in [6.45, 7) is 5.77. The number of nitrogens with one attached hydrogen (secondary N) is 14. The Kier molecular flexibility index (Phi) is 47.3. The van der Waals surface area contributed by atoms with Gasteiger partial charge >= 0.3 is 11.9 Å². The van der Waals surface area contributed by atoms with Crippen LogP contribution in [0.2, 0.25) is 0 Å². The fourth-order valence-electron chi connectivity index (χ4n) is 9.54. The molecule has 0 aliphatic heterocycles. The molecule has 0 aliphatic carbocycles.